The molecule has 3 rings (SSSR count). The first-order valence-electron chi connectivity index (χ1n) is 8.40. The lowest BCUT2D eigenvalue weighted by atomic mass is 10.2. The fraction of sp³-hybridized carbons (Fsp3) is 0.444. The molecule has 0 saturated carbocycles. The largest absolute Gasteiger partial charge is 0.495 e. The Morgan fingerprint density at radius 3 is 2.52 bits per heavy atom. The molecule has 0 amide bonds. The molecule has 0 aliphatic carbocycles. The van der Waals surface area contributed by atoms with Gasteiger partial charge in [-0.15, -0.1) is 0 Å². The fourth-order valence-corrected chi connectivity index (χ4v) is 4.77. The highest BCUT2D eigenvalue weighted by atomic mass is 32.2. The van der Waals surface area contributed by atoms with E-state index in [1.165, 1.54) is 11.4 Å². The van der Waals surface area contributed by atoms with E-state index < -0.39 is 10.0 Å². The van der Waals surface area contributed by atoms with E-state index in [0.29, 0.717) is 25.4 Å². The van der Waals surface area contributed by atoms with Crippen LogP contribution in [0.1, 0.15) is 29.9 Å². The summed E-state index contributed by atoms with van der Waals surface area (Å²) in [5.41, 5.74) is 1.88. The summed E-state index contributed by atoms with van der Waals surface area (Å²) in [6.07, 6.45) is 1.81. The van der Waals surface area contributed by atoms with E-state index in [9.17, 15) is 8.42 Å². The molecule has 0 radical (unpaired) electrons. The molecule has 1 aromatic carbocycles. The Labute approximate surface area is 148 Å². The summed E-state index contributed by atoms with van der Waals surface area (Å²) >= 11 is 0. The molecule has 1 aromatic heterocycles. The molecule has 0 bridgehead atoms. The Bertz CT molecular complexity index is 852. The zero-order valence-electron chi connectivity index (χ0n) is 14.8. The zero-order chi connectivity index (χ0) is 18.0. The fourth-order valence-electron chi connectivity index (χ4n) is 3.11. The van der Waals surface area contributed by atoms with Crippen LogP contribution in [0.4, 0.5) is 5.69 Å². The average Bonchev–Trinajstić information content (AvgIpc) is 3.22. The van der Waals surface area contributed by atoms with Crippen molar-refractivity contribution in [3.8, 4) is 5.75 Å². The van der Waals surface area contributed by atoms with Gasteiger partial charge in [0.15, 0.2) is 0 Å². The summed E-state index contributed by atoms with van der Waals surface area (Å²) < 4.78 is 37.9. The second-order valence-corrected chi connectivity index (χ2v) is 8.18. The first kappa shape index (κ1) is 17.8. The zero-order valence-corrected chi connectivity index (χ0v) is 15.6. The van der Waals surface area contributed by atoms with Gasteiger partial charge in [-0.05, 0) is 44.9 Å². The number of rotatable bonds is 6. The highest BCUT2D eigenvalue weighted by molar-refractivity contribution is 7.89. The standard InChI is InChI=1S/C18H24N2O4S/c1-13-10-15(14(2)24-13)12-19-16-6-7-18(17(11-16)23-3)25(21,22)20-8-4-5-9-20/h6-7,10-11,19H,4-5,8-9,12H2,1-3H3. The van der Waals surface area contributed by atoms with Crippen LogP contribution in [0.5, 0.6) is 5.75 Å². The molecule has 7 heteroatoms. The van der Waals surface area contributed by atoms with Crippen molar-refractivity contribution in [2.75, 3.05) is 25.5 Å². The lowest BCUT2D eigenvalue weighted by molar-refractivity contribution is 0.398. The average molecular weight is 364 g/mol. The van der Waals surface area contributed by atoms with Gasteiger partial charge < -0.3 is 14.5 Å². The monoisotopic (exact) mass is 364 g/mol. The number of furan rings is 1. The van der Waals surface area contributed by atoms with Crippen molar-refractivity contribution in [2.24, 2.45) is 0 Å². The number of hydrogen-bond acceptors (Lipinski definition) is 5. The van der Waals surface area contributed by atoms with Crippen LogP contribution in [0.2, 0.25) is 0 Å². The lowest BCUT2D eigenvalue weighted by Crippen LogP contribution is -2.28. The van der Waals surface area contributed by atoms with Crippen molar-refractivity contribution >= 4 is 15.7 Å². The van der Waals surface area contributed by atoms with E-state index in [4.69, 9.17) is 9.15 Å². The van der Waals surface area contributed by atoms with Crippen molar-refractivity contribution in [1.29, 1.82) is 0 Å². The molecule has 1 aliphatic rings. The Morgan fingerprint density at radius 1 is 1.20 bits per heavy atom. The van der Waals surface area contributed by atoms with E-state index in [0.717, 1.165) is 35.6 Å². The molecule has 2 aromatic rings. The van der Waals surface area contributed by atoms with E-state index in [1.54, 1.807) is 18.2 Å². The molecule has 1 fully saturated rings. The lowest BCUT2D eigenvalue weighted by Gasteiger charge is -2.18. The number of nitrogens with one attached hydrogen (secondary N) is 1. The van der Waals surface area contributed by atoms with Gasteiger partial charge in [0.2, 0.25) is 10.0 Å². The van der Waals surface area contributed by atoms with Crippen LogP contribution in [0.3, 0.4) is 0 Å². The molecule has 1 N–H and O–H groups in total. The minimum atomic E-state index is -3.50. The molecule has 2 heterocycles. The molecule has 0 spiro atoms. The second-order valence-electron chi connectivity index (χ2n) is 6.27. The molecular formula is C18H24N2O4S. The van der Waals surface area contributed by atoms with Gasteiger partial charge in [-0.2, -0.15) is 4.31 Å². The number of anilines is 1. The first-order chi connectivity index (χ1) is 11.9. The summed E-state index contributed by atoms with van der Waals surface area (Å²) in [5.74, 6) is 2.11. The quantitative estimate of drug-likeness (QED) is 0.851. The molecule has 1 aliphatic heterocycles. The molecule has 136 valence electrons. The number of benzene rings is 1. The van der Waals surface area contributed by atoms with Crippen LogP contribution in [0.15, 0.2) is 33.6 Å². The third-order valence-corrected chi connectivity index (χ3v) is 6.41. The number of sulfonamides is 1. The van der Waals surface area contributed by atoms with E-state index >= 15 is 0 Å². The number of hydrogen-bond donors (Lipinski definition) is 1. The number of methoxy groups -OCH3 is 1. The first-order valence-corrected chi connectivity index (χ1v) is 9.84. The van der Waals surface area contributed by atoms with Gasteiger partial charge in [-0.25, -0.2) is 8.42 Å². The van der Waals surface area contributed by atoms with Gasteiger partial charge >= 0.3 is 0 Å². The smallest absolute Gasteiger partial charge is 0.246 e. The van der Waals surface area contributed by atoms with E-state index in [1.807, 2.05) is 19.9 Å². The number of ether oxygens (including phenoxy) is 1. The van der Waals surface area contributed by atoms with Gasteiger partial charge in [0.05, 0.1) is 7.11 Å². The number of nitrogens with zero attached hydrogens (tertiary/aromatic N) is 1. The predicted molar refractivity (Wildman–Crippen MR) is 96.5 cm³/mol. The van der Waals surface area contributed by atoms with Gasteiger partial charge in [0.1, 0.15) is 22.2 Å². The predicted octanol–water partition coefficient (Wildman–Crippen LogP) is 3.30. The molecule has 1 saturated heterocycles. The van der Waals surface area contributed by atoms with Crippen LogP contribution in [-0.4, -0.2) is 32.9 Å². The summed E-state index contributed by atoms with van der Waals surface area (Å²) in [4.78, 5) is 0.220. The van der Waals surface area contributed by atoms with E-state index in [2.05, 4.69) is 5.32 Å². The molecule has 0 unspecified atom stereocenters. The third-order valence-electron chi connectivity index (χ3n) is 4.47. The Kier molecular flexibility index (Phi) is 5.06. The topological polar surface area (TPSA) is 71.8 Å². The SMILES string of the molecule is COc1cc(NCc2cc(C)oc2C)ccc1S(=O)(=O)N1CCCC1. The molecule has 6 nitrogen and oxygen atoms in total. The number of aryl methyl sites for hydroxylation is 2. The summed E-state index contributed by atoms with van der Waals surface area (Å²) in [7, 11) is -2.01. The van der Waals surface area contributed by atoms with Crippen molar-refractivity contribution in [2.45, 2.75) is 38.1 Å². The van der Waals surface area contributed by atoms with Crippen molar-refractivity contribution in [3.05, 3.63) is 41.3 Å². The van der Waals surface area contributed by atoms with Crippen LogP contribution in [0.25, 0.3) is 0 Å². The summed E-state index contributed by atoms with van der Waals surface area (Å²) in [6, 6.07) is 7.10. The minimum Gasteiger partial charge on any atom is -0.495 e. The van der Waals surface area contributed by atoms with Crippen LogP contribution in [-0.2, 0) is 16.6 Å². The minimum absolute atomic E-state index is 0.220. The van der Waals surface area contributed by atoms with Crippen LogP contribution >= 0.6 is 0 Å². The highest BCUT2D eigenvalue weighted by Gasteiger charge is 2.29. The molecule has 0 atom stereocenters. The Morgan fingerprint density at radius 2 is 1.92 bits per heavy atom. The van der Waals surface area contributed by atoms with Gasteiger partial charge in [0.25, 0.3) is 0 Å². The normalized spacial score (nSPS) is 15.5. The maximum Gasteiger partial charge on any atom is 0.246 e. The summed E-state index contributed by atoms with van der Waals surface area (Å²) in [6.45, 7) is 5.59. The maximum absolute atomic E-state index is 12.8. The Hall–Kier alpha value is -1.99. The van der Waals surface area contributed by atoms with Gasteiger partial charge in [0, 0.05) is 37.0 Å². The molecule has 25 heavy (non-hydrogen) atoms. The van der Waals surface area contributed by atoms with Gasteiger partial charge in [-0.1, -0.05) is 0 Å². The van der Waals surface area contributed by atoms with Crippen molar-refractivity contribution in [1.82, 2.24) is 4.31 Å². The third kappa shape index (κ3) is 3.67. The summed E-state index contributed by atoms with van der Waals surface area (Å²) in [5, 5.41) is 3.29. The van der Waals surface area contributed by atoms with Crippen molar-refractivity contribution in [3.63, 3.8) is 0 Å². The maximum atomic E-state index is 12.8. The van der Waals surface area contributed by atoms with Crippen LogP contribution in [0, 0.1) is 13.8 Å². The molecular weight excluding hydrogens is 340 g/mol. The second kappa shape index (κ2) is 7.09. The highest BCUT2D eigenvalue weighted by Crippen LogP contribution is 2.31. The van der Waals surface area contributed by atoms with Crippen LogP contribution < -0.4 is 10.1 Å². The van der Waals surface area contributed by atoms with E-state index in [-0.39, 0.29) is 4.90 Å². The van der Waals surface area contributed by atoms with Crippen molar-refractivity contribution < 1.29 is 17.6 Å². The van der Waals surface area contributed by atoms with Gasteiger partial charge in [-0.3, -0.25) is 0 Å². The Balaban J connectivity index is 1.81.